The zero-order valence-electron chi connectivity index (χ0n) is 10.6. The molecule has 0 atom stereocenters. The van der Waals surface area contributed by atoms with Gasteiger partial charge < -0.3 is 10.2 Å². The van der Waals surface area contributed by atoms with Crippen molar-refractivity contribution in [2.24, 2.45) is 0 Å². The van der Waals surface area contributed by atoms with E-state index in [0.717, 1.165) is 17.5 Å². The van der Waals surface area contributed by atoms with E-state index < -0.39 is 0 Å². The van der Waals surface area contributed by atoms with Crippen molar-refractivity contribution in [1.82, 2.24) is 0 Å². The number of phenols is 2. The van der Waals surface area contributed by atoms with E-state index >= 15 is 0 Å². The lowest BCUT2D eigenvalue weighted by molar-refractivity contribution is 0.404. The number of rotatable bonds is 4. The smallest absolute Gasteiger partial charge is 0.158 e. The molecule has 2 aromatic carbocycles. The Hall–Kier alpha value is -1.96. The summed E-state index contributed by atoms with van der Waals surface area (Å²) in [5.74, 6) is -0.166. The van der Waals surface area contributed by atoms with Crippen molar-refractivity contribution in [3.05, 3.63) is 48.0 Å². The van der Waals surface area contributed by atoms with Crippen molar-refractivity contribution in [2.45, 2.75) is 26.2 Å². The summed E-state index contributed by atoms with van der Waals surface area (Å²) in [5, 5.41) is 18.8. The summed E-state index contributed by atoms with van der Waals surface area (Å²) in [7, 11) is 0. The van der Waals surface area contributed by atoms with Gasteiger partial charge in [-0.3, -0.25) is 0 Å². The van der Waals surface area contributed by atoms with Gasteiger partial charge in [0.05, 0.1) is 0 Å². The van der Waals surface area contributed by atoms with E-state index in [1.165, 1.54) is 24.5 Å². The van der Waals surface area contributed by atoms with E-state index in [0.29, 0.717) is 0 Å². The molecule has 0 aromatic heterocycles. The standard InChI is InChI=1S/C16H18O2/c1-2-3-4-12-5-7-13(8-6-12)14-9-10-15(17)16(18)11-14/h5-11,17-18H,2-4H2,1H3. The van der Waals surface area contributed by atoms with Crippen molar-refractivity contribution in [3.63, 3.8) is 0 Å². The highest BCUT2D eigenvalue weighted by Gasteiger charge is 2.03. The second-order valence-electron chi connectivity index (χ2n) is 4.50. The summed E-state index contributed by atoms with van der Waals surface area (Å²) in [6.07, 6.45) is 3.52. The fourth-order valence-electron chi connectivity index (χ4n) is 1.95. The molecule has 2 nitrogen and oxygen atoms in total. The lowest BCUT2D eigenvalue weighted by Gasteiger charge is -2.05. The van der Waals surface area contributed by atoms with Gasteiger partial charge in [-0.15, -0.1) is 0 Å². The predicted molar refractivity (Wildman–Crippen MR) is 73.8 cm³/mol. The topological polar surface area (TPSA) is 40.5 Å². The van der Waals surface area contributed by atoms with Crippen LogP contribution in [0, 0.1) is 0 Å². The first-order valence-electron chi connectivity index (χ1n) is 6.32. The number of aromatic hydroxyl groups is 2. The SMILES string of the molecule is CCCCc1ccc(-c2ccc(O)c(O)c2)cc1. The van der Waals surface area contributed by atoms with Crippen LogP contribution in [-0.2, 0) is 6.42 Å². The Balaban J connectivity index is 2.20. The van der Waals surface area contributed by atoms with E-state index in [1.54, 1.807) is 12.1 Å². The quantitative estimate of drug-likeness (QED) is 0.792. The molecule has 0 radical (unpaired) electrons. The minimum Gasteiger partial charge on any atom is -0.504 e. The van der Waals surface area contributed by atoms with E-state index in [4.69, 9.17) is 0 Å². The number of phenolic OH excluding ortho intramolecular Hbond substituents is 2. The Bertz CT molecular complexity index is 515. The van der Waals surface area contributed by atoms with Gasteiger partial charge in [-0.05, 0) is 41.7 Å². The monoisotopic (exact) mass is 242 g/mol. The highest BCUT2D eigenvalue weighted by Crippen LogP contribution is 2.30. The van der Waals surface area contributed by atoms with Gasteiger partial charge in [-0.1, -0.05) is 43.7 Å². The summed E-state index contributed by atoms with van der Waals surface area (Å²) in [6, 6.07) is 13.2. The maximum absolute atomic E-state index is 9.48. The molecule has 0 bridgehead atoms. The average molecular weight is 242 g/mol. The second kappa shape index (κ2) is 5.58. The molecule has 94 valence electrons. The van der Waals surface area contributed by atoms with Crippen LogP contribution in [0.15, 0.2) is 42.5 Å². The van der Waals surface area contributed by atoms with Gasteiger partial charge >= 0.3 is 0 Å². The predicted octanol–water partition coefficient (Wildman–Crippen LogP) is 4.11. The molecule has 0 unspecified atom stereocenters. The maximum atomic E-state index is 9.48. The van der Waals surface area contributed by atoms with Crippen molar-refractivity contribution < 1.29 is 10.2 Å². The molecule has 0 saturated heterocycles. The van der Waals surface area contributed by atoms with Crippen LogP contribution < -0.4 is 0 Å². The molecule has 2 rings (SSSR count). The van der Waals surface area contributed by atoms with Gasteiger partial charge in [-0.2, -0.15) is 0 Å². The van der Waals surface area contributed by atoms with E-state index in [2.05, 4.69) is 31.2 Å². The van der Waals surface area contributed by atoms with Crippen molar-refractivity contribution in [1.29, 1.82) is 0 Å². The third kappa shape index (κ3) is 2.83. The lowest BCUT2D eigenvalue weighted by Crippen LogP contribution is -1.85. The van der Waals surface area contributed by atoms with Gasteiger partial charge in [0.15, 0.2) is 11.5 Å². The highest BCUT2D eigenvalue weighted by molar-refractivity contribution is 5.67. The molecule has 2 heteroatoms. The van der Waals surface area contributed by atoms with Crippen molar-refractivity contribution >= 4 is 0 Å². The summed E-state index contributed by atoms with van der Waals surface area (Å²) in [6.45, 7) is 2.19. The molecule has 18 heavy (non-hydrogen) atoms. The summed E-state index contributed by atoms with van der Waals surface area (Å²) in [5.41, 5.74) is 3.29. The highest BCUT2D eigenvalue weighted by atomic mass is 16.3. The number of benzene rings is 2. The van der Waals surface area contributed by atoms with Crippen LogP contribution in [0.4, 0.5) is 0 Å². The molecule has 0 aliphatic carbocycles. The normalized spacial score (nSPS) is 10.5. The molecule has 0 saturated carbocycles. The summed E-state index contributed by atoms with van der Waals surface area (Å²) in [4.78, 5) is 0. The summed E-state index contributed by atoms with van der Waals surface area (Å²) >= 11 is 0. The minimum absolute atomic E-state index is 0.0810. The van der Waals surface area contributed by atoms with Crippen LogP contribution in [-0.4, -0.2) is 10.2 Å². The van der Waals surface area contributed by atoms with Crippen molar-refractivity contribution in [2.75, 3.05) is 0 Å². The third-order valence-corrected chi connectivity index (χ3v) is 3.08. The molecule has 0 amide bonds. The van der Waals surface area contributed by atoms with Gasteiger partial charge in [0.2, 0.25) is 0 Å². The fraction of sp³-hybridized carbons (Fsp3) is 0.250. The molecule has 0 aliphatic rings. The minimum atomic E-state index is -0.0849. The lowest BCUT2D eigenvalue weighted by atomic mass is 10.0. The molecule has 0 heterocycles. The second-order valence-corrected chi connectivity index (χ2v) is 4.50. The van der Waals surface area contributed by atoms with E-state index in [-0.39, 0.29) is 11.5 Å². The third-order valence-electron chi connectivity index (χ3n) is 3.08. The Morgan fingerprint density at radius 2 is 1.50 bits per heavy atom. The van der Waals surface area contributed by atoms with E-state index in [9.17, 15) is 10.2 Å². The summed E-state index contributed by atoms with van der Waals surface area (Å²) < 4.78 is 0. The number of hydrogen-bond acceptors (Lipinski definition) is 2. The first-order valence-corrected chi connectivity index (χ1v) is 6.32. The van der Waals surface area contributed by atoms with Gasteiger partial charge in [0, 0.05) is 0 Å². The molecule has 2 aromatic rings. The Labute approximate surface area is 108 Å². The zero-order valence-corrected chi connectivity index (χ0v) is 10.6. The van der Waals surface area contributed by atoms with Gasteiger partial charge in [-0.25, -0.2) is 0 Å². The number of aryl methyl sites for hydroxylation is 1. The van der Waals surface area contributed by atoms with Crippen molar-refractivity contribution in [3.8, 4) is 22.6 Å². The number of unbranched alkanes of at least 4 members (excludes halogenated alkanes) is 1. The molecule has 2 N–H and O–H groups in total. The fourth-order valence-corrected chi connectivity index (χ4v) is 1.95. The number of hydrogen-bond donors (Lipinski definition) is 2. The van der Waals surface area contributed by atoms with Gasteiger partial charge in [0.25, 0.3) is 0 Å². The van der Waals surface area contributed by atoms with Crippen LogP contribution in [0.3, 0.4) is 0 Å². The Morgan fingerprint density at radius 3 is 2.11 bits per heavy atom. The molecular formula is C16H18O2. The molecule has 0 aliphatic heterocycles. The van der Waals surface area contributed by atoms with Crippen LogP contribution in [0.5, 0.6) is 11.5 Å². The molecule has 0 fully saturated rings. The zero-order chi connectivity index (χ0) is 13.0. The average Bonchev–Trinajstić information content (AvgIpc) is 2.40. The molecular weight excluding hydrogens is 224 g/mol. The van der Waals surface area contributed by atoms with Gasteiger partial charge in [0.1, 0.15) is 0 Å². The largest absolute Gasteiger partial charge is 0.504 e. The van der Waals surface area contributed by atoms with Crippen LogP contribution in [0.1, 0.15) is 25.3 Å². The maximum Gasteiger partial charge on any atom is 0.158 e. The Kier molecular flexibility index (Phi) is 3.88. The van der Waals surface area contributed by atoms with E-state index in [1.807, 2.05) is 0 Å². The first-order chi connectivity index (χ1) is 8.70. The van der Waals surface area contributed by atoms with Crippen LogP contribution in [0.25, 0.3) is 11.1 Å². The molecule has 0 spiro atoms. The Morgan fingerprint density at radius 1 is 0.833 bits per heavy atom. The van der Waals surface area contributed by atoms with Crippen LogP contribution >= 0.6 is 0 Å². The first kappa shape index (κ1) is 12.5. The van der Waals surface area contributed by atoms with Crippen LogP contribution in [0.2, 0.25) is 0 Å².